The molecule has 7 heteroatoms. The number of ether oxygens (including phenoxy) is 1. The van der Waals surface area contributed by atoms with Crippen LogP contribution >= 0.6 is 0 Å². The van der Waals surface area contributed by atoms with Crippen LogP contribution in [0.1, 0.15) is 21.9 Å². The molecule has 0 bridgehead atoms. The summed E-state index contributed by atoms with van der Waals surface area (Å²) in [6.45, 7) is 1.79. The zero-order valence-electron chi connectivity index (χ0n) is 9.78. The average molecular weight is 243 g/mol. The highest BCUT2D eigenvalue weighted by Gasteiger charge is 2.14. The summed E-state index contributed by atoms with van der Waals surface area (Å²) in [5.41, 5.74) is 1.08. The Hall–Kier alpha value is -2.75. The molecule has 0 aliphatic carbocycles. The topological polar surface area (TPSA) is 93.7 Å². The Kier molecular flexibility index (Phi) is 3.02. The lowest BCUT2D eigenvalue weighted by atomic mass is 10.2. The number of pyridine rings is 1. The van der Waals surface area contributed by atoms with Crippen molar-refractivity contribution in [2.24, 2.45) is 0 Å². The van der Waals surface area contributed by atoms with Crippen LogP contribution < -0.4 is 0 Å². The number of carbonyl (C=O) groups excluding carboxylic acids is 1. The molecule has 18 heavy (non-hydrogen) atoms. The zero-order valence-corrected chi connectivity index (χ0v) is 9.78. The van der Waals surface area contributed by atoms with Crippen LogP contribution in [0.25, 0.3) is 5.82 Å². The lowest BCUT2D eigenvalue weighted by molar-refractivity contribution is 0.0587. The molecule has 0 radical (unpaired) electrons. The zero-order chi connectivity index (χ0) is 13.1. The molecule has 0 unspecified atom stereocenters. The number of hydrogen-bond acceptors (Lipinski definition) is 6. The SMILES string of the molecule is COC(=O)c1ncn(-c2nc(C)ccc2C#N)n1. The molecule has 0 saturated carbocycles. The maximum absolute atomic E-state index is 11.2. The summed E-state index contributed by atoms with van der Waals surface area (Å²) in [6.07, 6.45) is 1.31. The van der Waals surface area contributed by atoms with Crippen molar-refractivity contribution in [2.75, 3.05) is 7.11 Å². The Morgan fingerprint density at radius 3 is 2.94 bits per heavy atom. The highest BCUT2D eigenvalue weighted by atomic mass is 16.5. The number of aromatic nitrogens is 4. The third-order valence-electron chi connectivity index (χ3n) is 2.21. The minimum Gasteiger partial charge on any atom is -0.463 e. The summed E-state index contributed by atoms with van der Waals surface area (Å²) in [5, 5.41) is 12.9. The number of aryl methyl sites for hydroxylation is 1. The number of nitrogens with zero attached hydrogens (tertiary/aromatic N) is 5. The third kappa shape index (κ3) is 2.04. The predicted octanol–water partition coefficient (Wildman–Crippen LogP) is 0.629. The highest BCUT2D eigenvalue weighted by Crippen LogP contribution is 2.11. The average Bonchev–Trinajstić information content (AvgIpc) is 2.87. The van der Waals surface area contributed by atoms with E-state index in [1.807, 2.05) is 6.07 Å². The van der Waals surface area contributed by atoms with E-state index < -0.39 is 5.97 Å². The smallest absolute Gasteiger partial charge is 0.377 e. The molecule has 90 valence electrons. The van der Waals surface area contributed by atoms with Gasteiger partial charge in [-0.05, 0) is 19.1 Å². The maximum Gasteiger partial charge on any atom is 0.377 e. The van der Waals surface area contributed by atoms with Crippen LogP contribution in [-0.2, 0) is 4.74 Å². The second kappa shape index (κ2) is 4.63. The number of carbonyl (C=O) groups is 1. The first-order chi connectivity index (χ1) is 8.65. The van der Waals surface area contributed by atoms with E-state index in [1.54, 1.807) is 19.1 Å². The van der Waals surface area contributed by atoms with Crippen molar-refractivity contribution in [1.82, 2.24) is 19.7 Å². The Balaban J connectivity index is 2.49. The van der Waals surface area contributed by atoms with Gasteiger partial charge in [-0.3, -0.25) is 0 Å². The lowest BCUT2D eigenvalue weighted by Gasteiger charge is -2.02. The predicted molar refractivity (Wildman–Crippen MR) is 59.9 cm³/mol. The molecule has 0 N–H and O–H groups in total. The van der Waals surface area contributed by atoms with Crippen molar-refractivity contribution in [1.29, 1.82) is 5.26 Å². The molecule has 2 aromatic rings. The van der Waals surface area contributed by atoms with Gasteiger partial charge in [0.25, 0.3) is 5.82 Å². The molecule has 0 spiro atoms. The van der Waals surface area contributed by atoms with Gasteiger partial charge in [0, 0.05) is 5.69 Å². The molecule has 0 amide bonds. The second-order valence-electron chi connectivity index (χ2n) is 3.44. The number of esters is 1. The summed E-state index contributed by atoms with van der Waals surface area (Å²) < 4.78 is 5.78. The minimum absolute atomic E-state index is 0.0790. The summed E-state index contributed by atoms with van der Waals surface area (Å²) in [5.74, 6) is -0.384. The summed E-state index contributed by atoms with van der Waals surface area (Å²) in [6, 6.07) is 5.36. The van der Waals surface area contributed by atoms with Crippen molar-refractivity contribution < 1.29 is 9.53 Å². The molecule has 0 aliphatic rings. The van der Waals surface area contributed by atoms with Gasteiger partial charge in [0.15, 0.2) is 5.82 Å². The van der Waals surface area contributed by atoms with E-state index in [-0.39, 0.29) is 5.82 Å². The number of rotatable bonds is 2. The molecule has 2 rings (SSSR count). The van der Waals surface area contributed by atoms with Crippen LogP contribution in [0.2, 0.25) is 0 Å². The van der Waals surface area contributed by atoms with Crippen molar-refractivity contribution in [3.8, 4) is 11.9 Å². The minimum atomic E-state index is -0.639. The first-order valence-electron chi connectivity index (χ1n) is 5.04. The van der Waals surface area contributed by atoms with Gasteiger partial charge < -0.3 is 4.74 Å². The van der Waals surface area contributed by atoms with Crippen molar-refractivity contribution in [3.63, 3.8) is 0 Å². The van der Waals surface area contributed by atoms with Crippen LogP contribution in [0, 0.1) is 18.3 Å². The van der Waals surface area contributed by atoms with E-state index in [0.29, 0.717) is 11.4 Å². The van der Waals surface area contributed by atoms with E-state index in [9.17, 15) is 4.79 Å². The number of nitriles is 1. The fraction of sp³-hybridized carbons (Fsp3) is 0.182. The number of methoxy groups -OCH3 is 1. The molecule has 2 heterocycles. The van der Waals surface area contributed by atoms with Crippen LogP contribution in [0.15, 0.2) is 18.5 Å². The molecule has 0 saturated heterocycles. The van der Waals surface area contributed by atoms with Gasteiger partial charge in [-0.25, -0.2) is 19.4 Å². The van der Waals surface area contributed by atoms with Gasteiger partial charge >= 0.3 is 5.97 Å². The second-order valence-corrected chi connectivity index (χ2v) is 3.44. The van der Waals surface area contributed by atoms with Crippen molar-refractivity contribution >= 4 is 5.97 Å². The van der Waals surface area contributed by atoms with E-state index in [0.717, 1.165) is 5.69 Å². The summed E-state index contributed by atoms with van der Waals surface area (Å²) in [4.78, 5) is 19.2. The van der Waals surface area contributed by atoms with Gasteiger partial charge in [-0.2, -0.15) is 5.26 Å². The van der Waals surface area contributed by atoms with E-state index >= 15 is 0 Å². The van der Waals surface area contributed by atoms with Gasteiger partial charge in [-0.1, -0.05) is 0 Å². The molecule has 0 aliphatic heterocycles. The largest absolute Gasteiger partial charge is 0.463 e. The normalized spacial score (nSPS) is 9.83. The lowest BCUT2D eigenvalue weighted by Crippen LogP contribution is -2.07. The van der Waals surface area contributed by atoms with Gasteiger partial charge in [0.2, 0.25) is 0 Å². The van der Waals surface area contributed by atoms with Crippen LogP contribution in [0.5, 0.6) is 0 Å². The highest BCUT2D eigenvalue weighted by molar-refractivity contribution is 5.84. The van der Waals surface area contributed by atoms with E-state index in [4.69, 9.17) is 5.26 Å². The molecule has 0 fully saturated rings. The third-order valence-corrected chi connectivity index (χ3v) is 2.21. The fourth-order valence-corrected chi connectivity index (χ4v) is 1.35. The summed E-state index contributed by atoms with van der Waals surface area (Å²) >= 11 is 0. The molecular weight excluding hydrogens is 234 g/mol. The van der Waals surface area contributed by atoms with E-state index in [1.165, 1.54) is 18.1 Å². The number of hydrogen-bond donors (Lipinski definition) is 0. The standard InChI is InChI=1S/C11H9N5O2/c1-7-3-4-8(5-12)10(14-7)16-6-13-9(15-16)11(17)18-2/h3-4,6H,1-2H3. The van der Waals surface area contributed by atoms with Crippen molar-refractivity contribution in [3.05, 3.63) is 35.5 Å². The summed E-state index contributed by atoms with van der Waals surface area (Å²) in [7, 11) is 1.24. The fourth-order valence-electron chi connectivity index (χ4n) is 1.35. The first-order valence-corrected chi connectivity index (χ1v) is 5.04. The van der Waals surface area contributed by atoms with Crippen LogP contribution in [-0.4, -0.2) is 32.8 Å². The van der Waals surface area contributed by atoms with Gasteiger partial charge in [0.1, 0.15) is 12.4 Å². The quantitative estimate of drug-likeness (QED) is 0.718. The molecule has 0 aromatic carbocycles. The van der Waals surface area contributed by atoms with E-state index in [2.05, 4.69) is 19.8 Å². The van der Waals surface area contributed by atoms with Crippen LogP contribution in [0.4, 0.5) is 0 Å². The molecule has 0 atom stereocenters. The molecule has 7 nitrogen and oxygen atoms in total. The maximum atomic E-state index is 11.2. The monoisotopic (exact) mass is 243 g/mol. The Bertz CT molecular complexity index is 641. The van der Waals surface area contributed by atoms with Gasteiger partial charge in [0.05, 0.1) is 12.7 Å². The van der Waals surface area contributed by atoms with Crippen LogP contribution in [0.3, 0.4) is 0 Å². The Morgan fingerprint density at radius 1 is 1.50 bits per heavy atom. The van der Waals surface area contributed by atoms with Gasteiger partial charge in [-0.15, -0.1) is 5.10 Å². The Morgan fingerprint density at radius 2 is 2.28 bits per heavy atom. The first kappa shape index (κ1) is 11.7. The van der Waals surface area contributed by atoms with Crippen molar-refractivity contribution in [2.45, 2.75) is 6.92 Å². The molecular formula is C11H9N5O2. The molecule has 2 aromatic heterocycles. The Labute approximate surface area is 103 Å².